The summed E-state index contributed by atoms with van der Waals surface area (Å²) in [5, 5.41) is 0. The van der Waals surface area contributed by atoms with Crippen molar-refractivity contribution in [1.82, 2.24) is 9.80 Å². The van der Waals surface area contributed by atoms with E-state index in [-0.39, 0.29) is 5.91 Å². The van der Waals surface area contributed by atoms with Crippen molar-refractivity contribution in [1.29, 1.82) is 0 Å². The second-order valence-corrected chi connectivity index (χ2v) is 5.48. The molecule has 18 heavy (non-hydrogen) atoms. The molecule has 4 heteroatoms. The van der Waals surface area contributed by atoms with Crippen LogP contribution >= 0.6 is 0 Å². The molecule has 0 spiro atoms. The molecule has 2 unspecified atom stereocenters. The highest BCUT2D eigenvalue weighted by Gasteiger charge is 2.26. The Balaban J connectivity index is 2.46. The molecule has 1 aliphatic rings. The Kier molecular flexibility index (Phi) is 6.65. The highest BCUT2D eigenvalue weighted by atomic mass is 16.2. The molecular formula is C14H29N3O. The van der Waals surface area contributed by atoms with Crippen molar-refractivity contribution in [3.63, 3.8) is 0 Å². The van der Waals surface area contributed by atoms with Gasteiger partial charge in [-0.15, -0.1) is 0 Å². The van der Waals surface area contributed by atoms with E-state index in [1.54, 1.807) is 0 Å². The number of amides is 1. The molecule has 0 aromatic heterocycles. The first-order valence-electron chi connectivity index (χ1n) is 7.35. The van der Waals surface area contributed by atoms with Gasteiger partial charge in [-0.1, -0.05) is 13.8 Å². The second kappa shape index (κ2) is 7.74. The molecule has 4 nitrogen and oxygen atoms in total. The van der Waals surface area contributed by atoms with Crippen LogP contribution in [-0.2, 0) is 4.79 Å². The van der Waals surface area contributed by atoms with Gasteiger partial charge in [0, 0.05) is 31.7 Å². The normalized spacial score (nSPS) is 25.1. The van der Waals surface area contributed by atoms with E-state index in [1.165, 1.54) is 0 Å². The number of carbonyl (C=O) groups excluding carboxylic acids is 1. The van der Waals surface area contributed by atoms with Crippen molar-refractivity contribution in [3.8, 4) is 0 Å². The van der Waals surface area contributed by atoms with Gasteiger partial charge in [-0.05, 0) is 32.6 Å². The predicted molar refractivity (Wildman–Crippen MR) is 75.4 cm³/mol. The van der Waals surface area contributed by atoms with E-state index in [0.717, 1.165) is 45.3 Å². The molecule has 2 atom stereocenters. The molecule has 0 aromatic carbocycles. The van der Waals surface area contributed by atoms with Crippen LogP contribution in [0.3, 0.4) is 0 Å². The summed E-state index contributed by atoms with van der Waals surface area (Å²) in [6.45, 7) is 9.71. The molecule has 0 radical (unpaired) electrons. The lowest BCUT2D eigenvalue weighted by Gasteiger charge is -2.37. The quantitative estimate of drug-likeness (QED) is 0.781. The van der Waals surface area contributed by atoms with Crippen LogP contribution < -0.4 is 5.73 Å². The summed E-state index contributed by atoms with van der Waals surface area (Å²) in [6.07, 6.45) is 4.09. The lowest BCUT2D eigenvalue weighted by atomic mass is 9.99. The van der Waals surface area contributed by atoms with Gasteiger partial charge in [0.1, 0.15) is 0 Å². The molecule has 106 valence electrons. The molecule has 1 rings (SSSR count). The number of hydrogen-bond acceptors (Lipinski definition) is 3. The number of carbonyl (C=O) groups is 1. The maximum absolute atomic E-state index is 12.3. The van der Waals surface area contributed by atoms with Crippen molar-refractivity contribution in [2.24, 2.45) is 5.73 Å². The van der Waals surface area contributed by atoms with Gasteiger partial charge in [0.25, 0.3) is 0 Å². The SMILES string of the molecule is CCCN(CCC)C(=O)CN1CCC(N)CC1C. The summed E-state index contributed by atoms with van der Waals surface area (Å²) in [7, 11) is 0. The second-order valence-electron chi connectivity index (χ2n) is 5.48. The number of likely N-dealkylation sites (tertiary alicyclic amines) is 1. The minimum atomic E-state index is 0.279. The van der Waals surface area contributed by atoms with Crippen LogP contribution in [0.1, 0.15) is 46.5 Å². The van der Waals surface area contributed by atoms with Crippen LogP contribution in [0.15, 0.2) is 0 Å². The molecular weight excluding hydrogens is 226 g/mol. The fraction of sp³-hybridized carbons (Fsp3) is 0.929. The van der Waals surface area contributed by atoms with Gasteiger partial charge < -0.3 is 10.6 Å². The maximum Gasteiger partial charge on any atom is 0.236 e. The van der Waals surface area contributed by atoms with Crippen molar-refractivity contribution in [3.05, 3.63) is 0 Å². The Morgan fingerprint density at radius 2 is 1.94 bits per heavy atom. The van der Waals surface area contributed by atoms with E-state index < -0.39 is 0 Å². The smallest absolute Gasteiger partial charge is 0.236 e. The summed E-state index contributed by atoms with van der Waals surface area (Å²) in [5.74, 6) is 0.279. The Bertz CT molecular complexity index is 251. The van der Waals surface area contributed by atoms with Gasteiger partial charge in [0.05, 0.1) is 6.54 Å². The molecule has 0 aromatic rings. The molecule has 1 saturated heterocycles. The maximum atomic E-state index is 12.3. The van der Waals surface area contributed by atoms with Crippen LogP contribution in [0.2, 0.25) is 0 Å². The van der Waals surface area contributed by atoms with Crippen LogP contribution in [0.4, 0.5) is 0 Å². The molecule has 0 saturated carbocycles. The number of nitrogens with zero attached hydrogens (tertiary/aromatic N) is 2. The lowest BCUT2D eigenvalue weighted by Crippen LogP contribution is -2.50. The zero-order valence-electron chi connectivity index (χ0n) is 12.2. The van der Waals surface area contributed by atoms with Gasteiger partial charge in [0.2, 0.25) is 5.91 Å². The Labute approximate surface area is 111 Å². The third-order valence-corrected chi connectivity index (χ3v) is 3.73. The highest BCUT2D eigenvalue weighted by Crippen LogP contribution is 2.15. The third kappa shape index (κ3) is 4.58. The molecule has 2 N–H and O–H groups in total. The lowest BCUT2D eigenvalue weighted by molar-refractivity contribution is -0.133. The van der Waals surface area contributed by atoms with Crippen LogP contribution in [-0.4, -0.2) is 54.0 Å². The fourth-order valence-electron chi connectivity index (χ4n) is 2.67. The number of hydrogen-bond donors (Lipinski definition) is 1. The topological polar surface area (TPSA) is 49.6 Å². The van der Waals surface area contributed by atoms with Gasteiger partial charge in [-0.2, -0.15) is 0 Å². The number of rotatable bonds is 6. The largest absolute Gasteiger partial charge is 0.342 e. The number of nitrogens with two attached hydrogens (primary N) is 1. The van der Waals surface area contributed by atoms with E-state index in [0.29, 0.717) is 18.6 Å². The van der Waals surface area contributed by atoms with Gasteiger partial charge in [-0.25, -0.2) is 0 Å². The van der Waals surface area contributed by atoms with Crippen molar-refractivity contribution < 1.29 is 4.79 Å². The van der Waals surface area contributed by atoms with E-state index in [9.17, 15) is 4.79 Å². The summed E-state index contributed by atoms with van der Waals surface area (Å²) < 4.78 is 0. The van der Waals surface area contributed by atoms with E-state index >= 15 is 0 Å². The summed E-state index contributed by atoms with van der Waals surface area (Å²) in [6, 6.07) is 0.747. The first-order chi connectivity index (χ1) is 8.58. The Morgan fingerprint density at radius 1 is 1.33 bits per heavy atom. The first-order valence-corrected chi connectivity index (χ1v) is 7.35. The zero-order chi connectivity index (χ0) is 13.5. The Hall–Kier alpha value is -0.610. The van der Waals surface area contributed by atoms with E-state index in [4.69, 9.17) is 5.73 Å². The van der Waals surface area contributed by atoms with E-state index in [1.807, 2.05) is 4.90 Å². The van der Waals surface area contributed by atoms with Crippen LogP contribution in [0.25, 0.3) is 0 Å². The number of piperidine rings is 1. The minimum absolute atomic E-state index is 0.279. The summed E-state index contributed by atoms with van der Waals surface area (Å²) in [4.78, 5) is 16.6. The third-order valence-electron chi connectivity index (χ3n) is 3.73. The van der Waals surface area contributed by atoms with Crippen molar-refractivity contribution in [2.45, 2.75) is 58.5 Å². The van der Waals surface area contributed by atoms with E-state index in [2.05, 4.69) is 25.7 Å². The van der Waals surface area contributed by atoms with Gasteiger partial charge in [-0.3, -0.25) is 9.69 Å². The summed E-state index contributed by atoms with van der Waals surface area (Å²) in [5.41, 5.74) is 5.95. The summed E-state index contributed by atoms with van der Waals surface area (Å²) >= 11 is 0. The first kappa shape index (κ1) is 15.4. The average Bonchev–Trinajstić information content (AvgIpc) is 2.32. The molecule has 0 aliphatic carbocycles. The molecule has 1 aliphatic heterocycles. The zero-order valence-corrected chi connectivity index (χ0v) is 12.2. The van der Waals surface area contributed by atoms with Crippen LogP contribution in [0.5, 0.6) is 0 Å². The average molecular weight is 255 g/mol. The monoisotopic (exact) mass is 255 g/mol. The van der Waals surface area contributed by atoms with Crippen LogP contribution in [0, 0.1) is 0 Å². The fourth-order valence-corrected chi connectivity index (χ4v) is 2.67. The van der Waals surface area contributed by atoms with Crippen molar-refractivity contribution in [2.75, 3.05) is 26.2 Å². The van der Waals surface area contributed by atoms with Crippen molar-refractivity contribution >= 4 is 5.91 Å². The highest BCUT2D eigenvalue weighted by molar-refractivity contribution is 5.78. The van der Waals surface area contributed by atoms with Gasteiger partial charge in [0.15, 0.2) is 0 Å². The standard InChI is InChI=1S/C14H29N3O/c1-4-7-16(8-5-2)14(18)11-17-9-6-13(15)10-12(17)3/h12-13H,4-11,15H2,1-3H3. The minimum Gasteiger partial charge on any atom is -0.342 e. The molecule has 1 fully saturated rings. The predicted octanol–water partition coefficient (Wildman–Crippen LogP) is 1.45. The molecule has 0 bridgehead atoms. The molecule has 1 amide bonds. The molecule has 1 heterocycles. The Morgan fingerprint density at radius 3 is 2.44 bits per heavy atom. The van der Waals surface area contributed by atoms with Gasteiger partial charge >= 0.3 is 0 Å².